The second kappa shape index (κ2) is 11.4. The van der Waals surface area contributed by atoms with Crippen molar-refractivity contribution in [3.63, 3.8) is 0 Å². The van der Waals surface area contributed by atoms with Crippen LogP contribution < -0.4 is 5.32 Å². The minimum Gasteiger partial charge on any atom is -0.340 e. The zero-order valence-electron chi connectivity index (χ0n) is 15.2. The van der Waals surface area contributed by atoms with Crippen molar-refractivity contribution in [3.8, 4) is 6.19 Å². The Morgan fingerprint density at radius 1 is 1.12 bits per heavy atom. The van der Waals surface area contributed by atoms with Gasteiger partial charge in [-0.25, -0.2) is 0 Å². The molecule has 0 unspecified atom stereocenters. The lowest BCUT2D eigenvalue weighted by atomic mass is 10.3. The fraction of sp³-hybridized carbons (Fsp3) is 0.588. The van der Waals surface area contributed by atoms with E-state index in [4.69, 9.17) is 5.26 Å². The van der Waals surface area contributed by atoms with Crippen molar-refractivity contribution in [3.05, 3.63) is 30.1 Å². The first kappa shape index (κ1) is 19.9. The SMILES string of the molecule is CN(C)CCN(CCN(C)C)C(=NCCc1ccccn1)NC#N. The van der Waals surface area contributed by atoms with Gasteiger partial charge >= 0.3 is 0 Å². The lowest BCUT2D eigenvalue weighted by Crippen LogP contribution is -2.45. The Kier molecular flexibility index (Phi) is 9.42. The van der Waals surface area contributed by atoms with Gasteiger partial charge < -0.3 is 14.7 Å². The summed E-state index contributed by atoms with van der Waals surface area (Å²) in [6.45, 7) is 4.04. The molecule has 0 aliphatic rings. The highest BCUT2D eigenvalue weighted by molar-refractivity contribution is 5.81. The summed E-state index contributed by atoms with van der Waals surface area (Å²) in [5.74, 6) is 0.636. The molecule has 0 atom stereocenters. The van der Waals surface area contributed by atoms with E-state index < -0.39 is 0 Å². The van der Waals surface area contributed by atoms with Crippen LogP contribution in [0.4, 0.5) is 0 Å². The van der Waals surface area contributed by atoms with E-state index in [2.05, 4.69) is 30.0 Å². The van der Waals surface area contributed by atoms with Crippen molar-refractivity contribution in [1.82, 2.24) is 25.0 Å². The fourth-order valence-corrected chi connectivity index (χ4v) is 2.06. The standard InChI is InChI=1S/C17H29N7/c1-22(2)11-13-24(14-12-23(3)4)17(21-15-18)20-10-8-16-7-5-6-9-19-16/h5-7,9H,8,10-14H2,1-4H3,(H,20,21). The zero-order valence-corrected chi connectivity index (χ0v) is 15.2. The summed E-state index contributed by atoms with van der Waals surface area (Å²) in [7, 11) is 8.17. The fourth-order valence-electron chi connectivity index (χ4n) is 2.06. The van der Waals surface area contributed by atoms with Gasteiger partial charge in [-0.05, 0) is 40.3 Å². The first-order valence-electron chi connectivity index (χ1n) is 8.16. The van der Waals surface area contributed by atoms with Gasteiger partial charge in [0, 0.05) is 51.0 Å². The molecule has 0 saturated carbocycles. The highest BCUT2D eigenvalue weighted by atomic mass is 15.3. The summed E-state index contributed by atoms with van der Waals surface area (Å²) in [5.41, 5.74) is 1.01. The number of rotatable bonds is 9. The number of pyridine rings is 1. The number of guanidine groups is 1. The number of nitrogens with one attached hydrogen (secondary N) is 1. The molecule has 0 saturated heterocycles. The van der Waals surface area contributed by atoms with Crippen LogP contribution in [0.25, 0.3) is 0 Å². The van der Waals surface area contributed by atoms with Crippen LogP contribution in [0, 0.1) is 11.5 Å². The third kappa shape index (κ3) is 8.46. The van der Waals surface area contributed by atoms with E-state index >= 15 is 0 Å². The van der Waals surface area contributed by atoms with Gasteiger partial charge in [-0.15, -0.1) is 0 Å². The maximum absolute atomic E-state index is 9.05. The van der Waals surface area contributed by atoms with Gasteiger partial charge in [-0.3, -0.25) is 15.3 Å². The average Bonchev–Trinajstić information content (AvgIpc) is 2.55. The molecule has 0 aromatic carbocycles. The number of hydrogen-bond acceptors (Lipinski definition) is 5. The maximum Gasteiger partial charge on any atom is 0.207 e. The van der Waals surface area contributed by atoms with Gasteiger partial charge in [0.1, 0.15) is 0 Å². The molecule has 0 fully saturated rings. The van der Waals surface area contributed by atoms with Crippen molar-refractivity contribution in [2.45, 2.75) is 6.42 Å². The minimum atomic E-state index is 0.599. The Bertz CT molecular complexity index is 507. The Morgan fingerprint density at radius 3 is 2.29 bits per heavy atom. The van der Waals surface area contributed by atoms with Gasteiger partial charge in [0.05, 0.1) is 0 Å². The Morgan fingerprint density at radius 2 is 1.79 bits per heavy atom. The third-order valence-corrected chi connectivity index (χ3v) is 3.46. The van der Waals surface area contributed by atoms with E-state index in [9.17, 15) is 0 Å². The van der Waals surface area contributed by atoms with Gasteiger partial charge in [-0.1, -0.05) is 6.07 Å². The Hall–Kier alpha value is -2.17. The molecule has 0 aliphatic heterocycles. The highest BCUT2D eigenvalue weighted by Crippen LogP contribution is 1.97. The van der Waals surface area contributed by atoms with E-state index in [1.807, 2.05) is 52.6 Å². The van der Waals surface area contributed by atoms with E-state index in [1.54, 1.807) is 6.20 Å². The molecular weight excluding hydrogens is 302 g/mol. The van der Waals surface area contributed by atoms with Gasteiger partial charge in [0.15, 0.2) is 6.19 Å². The number of aliphatic imine (C=N–C) groups is 1. The van der Waals surface area contributed by atoms with E-state index in [-0.39, 0.29) is 0 Å². The predicted octanol–water partition coefficient (Wildman–Crippen LogP) is 0.476. The van der Waals surface area contributed by atoms with Crippen molar-refractivity contribution in [2.24, 2.45) is 4.99 Å². The van der Waals surface area contributed by atoms with Gasteiger partial charge in [0.2, 0.25) is 5.96 Å². The highest BCUT2D eigenvalue weighted by Gasteiger charge is 2.12. The van der Waals surface area contributed by atoms with Crippen LogP contribution in [0.15, 0.2) is 29.4 Å². The van der Waals surface area contributed by atoms with Crippen LogP contribution in [0.2, 0.25) is 0 Å². The minimum absolute atomic E-state index is 0.599. The normalized spacial score (nSPS) is 11.6. The molecule has 132 valence electrons. The Labute approximate surface area is 145 Å². The molecule has 7 nitrogen and oxygen atoms in total. The van der Waals surface area contributed by atoms with Gasteiger partial charge in [-0.2, -0.15) is 5.26 Å². The van der Waals surface area contributed by atoms with E-state index in [0.29, 0.717) is 12.5 Å². The second-order valence-corrected chi connectivity index (χ2v) is 6.11. The molecule has 0 amide bonds. The summed E-state index contributed by atoms with van der Waals surface area (Å²) in [4.78, 5) is 15.3. The summed E-state index contributed by atoms with van der Waals surface area (Å²) < 4.78 is 0. The lowest BCUT2D eigenvalue weighted by molar-refractivity contribution is 0.291. The monoisotopic (exact) mass is 331 g/mol. The first-order valence-corrected chi connectivity index (χ1v) is 8.16. The summed E-state index contributed by atoms with van der Waals surface area (Å²) in [6, 6.07) is 5.86. The molecule has 1 aromatic heterocycles. The van der Waals surface area contributed by atoms with Crippen LogP contribution in [0.1, 0.15) is 5.69 Å². The summed E-state index contributed by atoms with van der Waals surface area (Å²) in [5, 5.41) is 11.8. The topological polar surface area (TPSA) is 70.8 Å². The smallest absolute Gasteiger partial charge is 0.207 e. The third-order valence-electron chi connectivity index (χ3n) is 3.46. The molecule has 7 heteroatoms. The van der Waals surface area contributed by atoms with E-state index in [0.717, 1.165) is 38.3 Å². The molecule has 1 aromatic rings. The van der Waals surface area contributed by atoms with Crippen molar-refractivity contribution in [1.29, 1.82) is 5.26 Å². The molecular formula is C17H29N7. The van der Waals surface area contributed by atoms with Crippen LogP contribution in [-0.4, -0.2) is 86.6 Å². The summed E-state index contributed by atoms with van der Waals surface area (Å²) in [6.07, 6.45) is 4.55. The van der Waals surface area contributed by atoms with Crippen LogP contribution in [0.3, 0.4) is 0 Å². The predicted molar refractivity (Wildman–Crippen MR) is 97.7 cm³/mol. The Balaban J connectivity index is 2.72. The lowest BCUT2D eigenvalue weighted by Gasteiger charge is -2.27. The molecule has 24 heavy (non-hydrogen) atoms. The van der Waals surface area contributed by atoms with Crippen molar-refractivity contribution < 1.29 is 0 Å². The molecule has 1 rings (SSSR count). The largest absolute Gasteiger partial charge is 0.340 e. The molecule has 1 heterocycles. The molecule has 1 N–H and O–H groups in total. The quantitative estimate of drug-likeness (QED) is 0.307. The zero-order chi connectivity index (χ0) is 17.8. The first-order chi connectivity index (χ1) is 11.5. The number of aromatic nitrogens is 1. The number of nitriles is 1. The molecule has 0 aliphatic carbocycles. The molecule has 0 spiro atoms. The maximum atomic E-state index is 9.05. The molecule has 0 radical (unpaired) electrons. The van der Waals surface area contributed by atoms with Crippen LogP contribution >= 0.6 is 0 Å². The van der Waals surface area contributed by atoms with Crippen molar-refractivity contribution >= 4 is 5.96 Å². The molecule has 0 bridgehead atoms. The van der Waals surface area contributed by atoms with Crippen LogP contribution in [0.5, 0.6) is 0 Å². The van der Waals surface area contributed by atoms with Crippen molar-refractivity contribution in [2.75, 3.05) is 60.9 Å². The van der Waals surface area contributed by atoms with Crippen LogP contribution in [-0.2, 0) is 6.42 Å². The number of likely N-dealkylation sites (N-methyl/N-ethyl adjacent to an activating group) is 2. The summed E-state index contributed by atoms with van der Waals surface area (Å²) >= 11 is 0. The number of nitrogens with zero attached hydrogens (tertiary/aromatic N) is 6. The number of hydrogen-bond donors (Lipinski definition) is 1. The average molecular weight is 331 g/mol. The van der Waals surface area contributed by atoms with Gasteiger partial charge in [0.25, 0.3) is 0 Å². The second-order valence-electron chi connectivity index (χ2n) is 6.11. The van der Waals surface area contributed by atoms with E-state index in [1.165, 1.54) is 0 Å².